The van der Waals surface area contributed by atoms with Gasteiger partial charge in [0.1, 0.15) is 11.6 Å². The van der Waals surface area contributed by atoms with Gasteiger partial charge in [0, 0.05) is 10.7 Å². The molecule has 0 aliphatic carbocycles. The van der Waals surface area contributed by atoms with Gasteiger partial charge in [-0.2, -0.15) is 0 Å². The highest BCUT2D eigenvalue weighted by molar-refractivity contribution is 7.89. The van der Waals surface area contributed by atoms with Crippen molar-refractivity contribution in [2.75, 3.05) is 12.4 Å². The summed E-state index contributed by atoms with van der Waals surface area (Å²) in [5.74, 6) is -0.0582. The van der Waals surface area contributed by atoms with E-state index in [9.17, 15) is 12.8 Å². The number of benzene rings is 1. The number of hydrogen-bond acceptors (Lipinski definition) is 4. The first-order chi connectivity index (χ1) is 9.40. The molecule has 2 aromatic rings. The van der Waals surface area contributed by atoms with Gasteiger partial charge in [-0.05, 0) is 37.4 Å². The van der Waals surface area contributed by atoms with Gasteiger partial charge in [0.25, 0.3) is 10.0 Å². The summed E-state index contributed by atoms with van der Waals surface area (Å²) in [6, 6.07) is 6.90. The molecule has 0 aliphatic rings. The fourth-order valence-electron chi connectivity index (χ4n) is 1.54. The van der Waals surface area contributed by atoms with Crippen molar-refractivity contribution in [3.63, 3.8) is 0 Å². The van der Waals surface area contributed by atoms with E-state index in [1.807, 2.05) is 0 Å². The SMILES string of the molecule is CNS(=O)(=O)c1ccc(CNc2cc(F)cc(Cl)c2)o1. The zero-order chi connectivity index (χ0) is 14.8. The van der Waals surface area contributed by atoms with E-state index >= 15 is 0 Å². The van der Waals surface area contributed by atoms with Crippen LogP contribution in [0.2, 0.25) is 5.02 Å². The molecule has 0 radical (unpaired) electrons. The summed E-state index contributed by atoms with van der Waals surface area (Å²) in [7, 11) is -2.30. The fraction of sp³-hybridized carbons (Fsp3) is 0.167. The normalized spacial score (nSPS) is 11.6. The summed E-state index contributed by atoms with van der Waals surface area (Å²) in [4.78, 5) is 0. The molecule has 0 saturated heterocycles. The van der Waals surface area contributed by atoms with Gasteiger partial charge < -0.3 is 9.73 Å². The van der Waals surface area contributed by atoms with Crippen LogP contribution in [0.3, 0.4) is 0 Å². The molecule has 108 valence electrons. The molecule has 0 spiro atoms. The standard InChI is InChI=1S/C12H12ClFN2O3S/c1-15-20(17,18)12-3-2-11(19-12)7-16-10-5-8(13)4-9(14)6-10/h2-6,15-16H,7H2,1H3. The van der Waals surface area contributed by atoms with Gasteiger partial charge in [-0.15, -0.1) is 0 Å². The molecule has 0 aliphatic heterocycles. The zero-order valence-electron chi connectivity index (χ0n) is 10.5. The van der Waals surface area contributed by atoms with Gasteiger partial charge in [-0.1, -0.05) is 11.6 Å². The summed E-state index contributed by atoms with van der Waals surface area (Å²) in [6.45, 7) is 0.207. The lowest BCUT2D eigenvalue weighted by Gasteiger charge is -2.05. The number of rotatable bonds is 5. The molecule has 0 atom stereocenters. The molecule has 1 heterocycles. The highest BCUT2D eigenvalue weighted by Gasteiger charge is 2.16. The first kappa shape index (κ1) is 14.8. The van der Waals surface area contributed by atoms with E-state index in [4.69, 9.17) is 16.0 Å². The summed E-state index contributed by atoms with van der Waals surface area (Å²) < 4.78 is 43.4. The van der Waals surface area contributed by atoms with E-state index < -0.39 is 15.8 Å². The minimum absolute atomic E-state index is 0.172. The number of nitrogens with one attached hydrogen (secondary N) is 2. The maximum atomic E-state index is 13.1. The van der Waals surface area contributed by atoms with Crippen molar-refractivity contribution in [2.45, 2.75) is 11.6 Å². The molecule has 2 N–H and O–H groups in total. The molecule has 5 nitrogen and oxygen atoms in total. The van der Waals surface area contributed by atoms with Crippen molar-refractivity contribution in [3.8, 4) is 0 Å². The van der Waals surface area contributed by atoms with Crippen molar-refractivity contribution >= 4 is 27.3 Å². The van der Waals surface area contributed by atoms with Crippen LogP contribution in [0.15, 0.2) is 39.8 Å². The van der Waals surface area contributed by atoms with Crippen LogP contribution in [0.1, 0.15) is 5.76 Å². The molecule has 0 fully saturated rings. The zero-order valence-corrected chi connectivity index (χ0v) is 12.1. The number of furan rings is 1. The molecule has 0 bridgehead atoms. The Hall–Kier alpha value is -1.57. The highest BCUT2D eigenvalue weighted by Crippen LogP contribution is 2.20. The lowest BCUT2D eigenvalue weighted by atomic mass is 10.3. The minimum Gasteiger partial charge on any atom is -0.446 e. The Balaban J connectivity index is 2.08. The Kier molecular flexibility index (Phi) is 4.32. The molecule has 2 rings (SSSR count). The summed E-state index contributed by atoms with van der Waals surface area (Å²) >= 11 is 5.72. The number of hydrogen-bond donors (Lipinski definition) is 2. The second-order valence-corrected chi connectivity index (χ2v) is 6.19. The third kappa shape index (κ3) is 3.50. The Labute approximate surface area is 120 Å². The van der Waals surface area contributed by atoms with Crippen LogP contribution in [0.25, 0.3) is 0 Å². The number of halogens is 2. The Morgan fingerprint density at radius 3 is 2.70 bits per heavy atom. The second kappa shape index (κ2) is 5.82. The molecular formula is C12H12ClFN2O3S. The Bertz CT molecular complexity index is 695. The first-order valence-corrected chi connectivity index (χ1v) is 7.49. The van der Waals surface area contributed by atoms with Crippen LogP contribution in [0.5, 0.6) is 0 Å². The van der Waals surface area contributed by atoms with E-state index in [0.717, 1.165) is 0 Å². The van der Waals surface area contributed by atoms with Crippen LogP contribution in [-0.2, 0) is 16.6 Å². The molecular weight excluding hydrogens is 307 g/mol. The Morgan fingerprint density at radius 1 is 1.30 bits per heavy atom. The van der Waals surface area contributed by atoms with Crippen molar-refractivity contribution in [1.82, 2.24) is 4.72 Å². The third-order valence-electron chi connectivity index (χ3n) is 2.50. The molecule has 8 heteroatoms. The lowest BCUT2D eigenvalue weighted by molar-refractivity contribution is 0.417. The van der Waals surface area contributed by atoms with Crippen molar-refractivity contribution < 1.29 is 17.2 Å². The van der Waals surface area contributed by atoms with Crippen LogP contribution in [0.4, 0.5) is 10.1 Å². The highest BCUT2D eigenvalue weighted by atomic mass is 35.5. The molecule has 20 heavy (non-hydrogen) atoms. The predicted octanol–water partition coefficient (Wildman–Crippen LogP) is 2.59. The summed E-state index contributed by atoms with van der Waals surface area (Å²) in [5.41, 5.74) is 0.476. The second-order valence-electron chi connectivity index (χ2n) is 3.94. The van der Waals surface area contributed by atoms with Crippen molar-refractivity contribution in [3.05, 3.63) is 46.9 Å². The average Bonchev–Trinajstić information content (AvgIpc) is 2.85. The van der Waals surface area contributed by atoms with E-state index in [0.29, 0.717) is 11.4 Å². The van der Waals surface area contributed by atoms with Gasteiger partial charge in [0.2, 0.25) is 5.09 Å². The smallest absolute Gasteiger partial charge is 0.273 e. The summed E-state index contributed by atoms with van der Waals surface area (Å²) in [6.07, 6.45) is 0. The van der Waals surface area contributed by atoms with E-state index in [2.05, 4.69) is 10.0 Å². The number of anilines is 1. The van der Waals surface area contributed by atoms with Crippen LogP contribution in [0, 0.1) is 5.82 Å². The van der Waals surface area contributed by atoms with E-state index in [-0.39, 0.29) is 16.7 Å². The van der Waals surface area contributed by atoms with E-state index in [1.54, 1.807) is 6.07 Å². The molecule has 0 saturated carbocycles. The summed E-state index contributed by atoms with van der Waals surface area (Å²) in [5, 5.41) is 2.99. The van der Waals surface area contributed by atoms with Gasteiger partial charge in [-0.25, -0.2) is 17.5 Å². The van der Waals surface area contributed by atoms with Crippen molar-refractivity contribution in [2.24, 2.45) is 0 Å². The first-order valence-electron chi connectivity index (χ1n) is 5.63. The van der Waals surface area contributed by atoms with Gasteiger partial charge in [0.15, 0.2) is 0 Å². The van der Waals surface area contributed by atoms with Gasteiger partial charge in [0.05, 0.1) is 6.54 Å². The molecule has 1 aromatic heterocycles. The Morgan fingerprint density at radius 2 is 2.05 bits per heavy atom. The van der Waals surface area contributed by atoms with Gasteiger partial charge >= 0.3 is 0 Å². The average molecular weight is 319 g/mol. The fourth-order valence-corrected chi connectivity index (χ4v) is 2.43. The molecule has 0 unspecified atom stereocenters. The van der Waals surface area contributed by atoms with Crippen molar-refractivity contribution in [1.29, 1.82) is 0 Å². The van der Waals surface area contributed by atoms with Gasteiger partial charge in [-0.3, -0.25) is 0 Å². The molecule has 1 aromatic carbocycles. The predicted molar refractivity (Wildman–Crippen MR) is 73.7 cm³/mol. The maximum absolute atomic E-state index is 13.1. The maximum Gasteiger partial charge on any atom is 0.273 e. The van der Waals surface area contributed by atoms with E-state index in [1.165, 1.54) is 31.3 Å². The lowest BCUT2D eigenvalue weighted by Crippen LogP contribution is -2.17. The largest absolute Gasteiger partial charge is 0.446 e. The minimum atomic E-state index is -3.60. The topological polar surface area (TPSA) is 71.3 Å². The quantitative estimate of drug-likeness (QED) is 0.889. The molecule has 0 amide bonds. The van der Waals surface area contributed by atoms with Crippen LogP contribution in [-0.4, -0.2) is 15.5 Å². The van der Waals surface area contributed by atoms with Crippen LogP contribution < -0.4 is 10.0 Å². The monoisotopic (exact) mass is 318 g/mol. The third-order valence-corrected chi connectivity index (χ3v) is 4.00. The number of sulfonamides is 1. The van der Waals surface area contributed by atoms with Crippen LogP contribution >= 0.6 is 11.6 Å².